The number of carboxylic acids is 1. The number of aromatic carboxylic acids is 1. The van der Waals surface area contributed by atoms with E-state index < -0.39 is 5.97 Å². The normalized spacial score (nSPS) is 10.5. The summed E-state index contributed by atoms with van der Waals surface area (Å²) in [6.07, 6.45) is 0. The molecule has 2 aromatic heterocycles. The van der Waals surface area contributed by atoms with Crippen molar-refractivity contribution in [3.05, 3.63) is 34.8 Å². The Bertz CT molecular complexity index is 647. The van der Waals surface area contributed by atoms with Crippen LogP contribution in [-0.2, 0) is 7.05 Å². The molecule has 2 aromatic rings. The minimum Gasteiger partial charge on any atom is -0.477 e. The molecule has 6 heteroatoms. The average molecular weight is 261 g/mol. The number of pyridine rings is 1. The molecule has 0 spiro atoms. The van der Waals surface area contributed by atoms with Crippen molar-refractivity contribution in [3.63, 3.8) is 0 Å². The maximum atomic E-state index is 11.3. The van der Waals surface area contributed by atoms with E-state index in [9.17, 15) is 9.90 Å². The largest absolute Gasteiger partial charge is 0.477 e. The first-order chi connectivity index (χ1) is 8.88. The van der Waals surface area contributed by atoms with E-state index in [1.165, 1.54) is 0 Å². The predicted octanol–water partition coefficient (Wildman–Crippen LogP) is 2.23. The highest BCUT2D eigenvalue weighted by Crippen LogP contribution is 2.28. The van der Waals surface area contributed by atoms with Crippen LogP contribution in [0.25, 0.3) is 0 Å². The molecule has 0 amide bonds. The second-order valence-corrected chi connectivity index (χ2v) is 4.38. The first kappa shape index (κ1) is 13.1. The van der Waals surface area contributed by atoms with Gasteiger partial charge in [0, 0.05) is 24.9 Å². The van der Waals surface area contributed by atoms with Crippen molar-refractivity contribution < 1.29 is 14.6 Å². The Morgan fingerprint density at radius 1 is 1.26 bits per heavy atom. The Morgan fingerprint density at radius 3 is 2.47 bits per heavy atom. The summed E-state index contributed by atoms with van der Waals surface area (Å²) in [5.41, 5.74) is 2.01. The second kappa shape index (κ2) is 4.72. The van der Waals surface area contributed by atoms with Crippen molar-refractivity contribution in [2.24, 2.45) is 7.05 Å². The number of carboxylic acid groups (broad SMARTS) is 1. The van der Waals surface area contributed by atoms with E-state index in [4.69, 9.17) is 4.74 Å². The van der Waals surface area contributed by atoms with Gasteiger partial charge in [0.2, 0.25) is 5.88 Å². The topological polar surface area (TPSA) is 77.2 Å². The quantitative estimate of drug-likeness (QED) is 0.916. The summed E-state index contributed by atoms with van der Waals surface area (Å²) in [6, 6.07) is 3.36. The Labute approximate surface area is 110 Å². The SMILES string of the molecule is Cc1cc(Oc2cc(C)nn2C)c(C(=O)O)c(C)n1. The second-order valence-electron chi connectivity index (χ2n) is 4.38. The zero-order valence-corrected chi connectivity index (χ0v) is 11.3. The van der Waals surface area contributed by atoms with Crippen LogP contribution in [0.2, 0.25) is 0 Å². The number of aromatic nitrogens is 3. The summed E-state index contributed by atoms with van der Waals surface area (Å²) < 4.78 is 7.23. The lowest BCUT2D eigenvalue weighted by Crippen LogP contribution is -2.07. The predicted molar refractivity (Wildman–Crippen MR) is 68.7 cm³/mol. The monoisotopic (exact) mass is 261 g/mol. The highest BCUT2D eigenvalue weighted by molar-refractivity contribution is 5.92. The van der Waals surface area contributed by atoms with Gasteiger partial charge in [0.15, 0.2) is 0 Å². The van der Waals surface area contributed by atoms with Crippen molar-refractivity contribution in [1.29, 1.82) is 0 Å². The number of hydrogen-bond donors (Lipinski definition) is 1. The molecule has 0 bridgehead atoms. The van der Waals surface area contributed by atoms with Crippen LogP contribution in [0.3, 0.4) is 0 Å². The van der Waals surface area contributed by atoms with Crippen LogP contribution in [0.1, 0.15) is 27.4 Å². The fourth-order valence-electron chi connectivity index (χ4n) is 1.93. The fraction of sp³-hybridized carbons (Fsp3) is 0.308. The van der Waals surface area contributed by atoms with Gasteiger partial charge in [-0.3, -0.25) is 4.98 Å². The van der Waals surface area contributed by atoms with Gasteiger partial charge >= 0.3 is 5.97 Å². The van der Waals surface area contributed by atoms with Crippen LogP contribution in [0.15, 0.2) is 12.1 Å². The molecule has 0 aliphatic carbocycles. The van der Waals surface area contributed by atoms with E-state index in [0.29, 0.717) is 17.3 Å². The van der Waals surface area contributed by atoms with Crippen molar-refractivity contribution in [3.8, 4) is 11.6 Å². The van der Waals surface area contributed by atoms with Gasteiger partial charge in [0.1, 0.15) is 11.3 Å². The summed E-state index contributed by atoms with van der Waals surface area (Å²) >= 11 is 0. The molecule has 0 aliphatic heterocycles. The summed E-state index contributed by atoms with van der Waals surface area (Å²) in [4.78, 5) is 15.4. The van der Waals surface area contributed by atoms with Gasteiger partial charge in [0.05, 0.1) is 11.4 Å². The van der Waals surface area contributed by atoms with E-state index in [2.05, 4.69) is 10.1 Å². The molecule has 0 atom stereocenters. The molecule has 0 saturated carbocycles. The summed E-state index contributed by atoms with van der Waals surface area (Å²) in [5, 5.41) is 13.4. The number of rotatable bonds is 3. The molecule has 2 heterocycles. The van der Waals surface area contributed by atoms with E-state index in [-0.39, 0.29) is 11.3 Å². The molecule has 100 valence electrons. The zero-order valence-electron chi connectivity index (χ0n) is 11.3. The van der Waals surface area contributed by atoms with Crippen LogP contribution in [-0.4, -0.2) is 25.8 Å². The summed E-state index contributed by atoms with van der Waals surface area (Å²) in [7, 11) is 1.74. The maximum absolute atomic E-state index is 11.3. The number of ether oxygens (including phenoxy) is 1. The lowest BCUT2D eigenvalue weighted by Gasteiger charge is -2.11. The molecule has 1 N–H and O–H groups in total. The Morgan fingerprint density at radius 2 is 1.95 bits per heavy atom. The minimum atomic E-state index is -1.06. The summed E-state index contributed by atoms with van der Waals surface area (Å²) in [5.74, 6) is -0.288. The summed E-state index contributed by atoms with van der Waals surface area (Å²) in [6.45, 7) is 5.28. The van der Waals surface area contributed by atoms with Gasteiger partial charge in [-0.2, -0.15) is 5.10 Å². The first-order valence-corrected chi connectivity index (χ1v) is 5.78. The molecular formula is C13H15N3O3. The molecule has 6 nitrogen and oxygen atoms in total. The third-order valence-corrected chi connectivity index (χ3v) is 2.68. The molecule has 0 aliphatic rings. The van der Waals surface area contributed by atoms with Crippen LogP contribution < -0.4 is 4.74 Å². The van der Waals surface area contributed by atoms with Crippen LogP contribution >= 0.6 is 0 Å². The number of carbonyl (C=O) groups is 1. The lowest BCUT2D eigenvalue weighted by molar-refractivity contribution is 0.0692. The smallest absolute Gasteiger partial charge is 0.341 e. The highest BCUT2D eigenvalue weighted by Gasteiger charge is 2.18. The van der Waals surface area contributed by atoms with Gasteiger partial charge in [0.25, 0.3) is 0 Å². The lowest BCUT2D eigenvalue weighted by atomic mass is 10.1. The number of nitrogens with zero attached hydrogens (tertiary/aromatic N) is 3. The average Bonchev–Trinajstić information content (AvgIpc) is 2.55. The number of hydrogen-bond acceptors (Lipinski definition) is 4. The van der Waals surface area contributed by atoms with E-state index in [1.807, 2.05) is 6.92 Å². The molecule has 0 aromatic carbocycles. The van der Waals surface area contributed by atoms with Crippen molar-refractivity contribution in [2.75, 3.05) is 0 Å². The Balaban J connectivity index is 2.50. The molecular weight excluding hydrogens is 246 g/mol. The standard InChI is InChI=1S/C13H15N3O3/c1-7-5-10(12(13(17)18)9(3)14-7)19-11-6-8(2)15-16(11)4/h5-6H,1-4H3,(H,17,18). The van der Waals surface area contributed by atoms with Crippen molar-refractivity contribution >= 4 is 5.97 Å². The molecule has 0 fully saturated rings. The van der Waals surface area contributed by atoms with Crippen LogP contribution in [0, 0.1) is 20.8 Å². The molecule has 2 rings (SSSR count). The Kier molecular flexibility index (Phi) is 3.25. The zero-order chi connectivity index (χ0) is 14.2. The molecule has 0 saturated heterocycles. The molecule has 19 heavy (non-hydrogen) atoms. The highest BCUT2D eigenvalue weighted by atomic mass is 16.5. The third-order valence-electron chi connectivity index (χ3n) is 2.68. The fourth-order valence-corrected chi connectivity index (χ4v) is 1.93. The van der Waals surface area contributed by atoms with Crippen molar-refractivity contribution in [2.45, 2.75) is 20.8 Å². The van der Waals surface area contributed by atoms with Gasteiger partial charge in [-0.05, 0) is 20.8 Å². The van der Waals surface area contributed by atoms with Crippen LogP contribution in [0.4, 0.5) is 0 Å². The van der Waals surface area contributed by atoms with Crippen LogP contribution in [0.5, 0.6) is 11.6 Å². The van der Waals surface area contributed by atoms with Gasteiger partial charge in [-0.1, -0.05) is 0 Å². The van der Waals surface area contributed by atoms with E-state index in [1.54, 1.807) is 37.7 Å². The molecule has 0 radical (unpaired) electrons. The maximum Gasteiger partial charge on any atom is 0.341 e. The molecule has 0 unspecified atom stereocenters. The van der Waals surface area contributed by atoms with Gasteiger partial charge in [-0.15, -0.1) is 0 Å². The van der Waals surface area contributed by atoms with Gasteiger partial charge in [-0.25, -0.2) is 9.48 Å². The van der Waals surface area contributed by atoms with E-state index >= 15 is 0 Å². The first-order valence-electron chi connectivity index (χ1n) is 5.78. The van der Waals surface area contributed by atoms with Crippen molar-refractivity contribution in [1.82, 2.24) is 14.8 Å². The Hall–Kier alpha value is -2.37. The van der Waals surface area contributed by atoms with E-state index in [0.717, 1.165) is 5.69 Å². The van der Waals surface area contributed by atoms with Gasteiger partial charge < -0.3 is 9.84 Å². The number of aryl methyl sites for hydroxylation is 4. The minimum absolute atomic E-state index is 0.0736. The third kappa shape index (κ3) is 2.57.